The smallest absolute Gasteiger partial charge is 0.343 e. The Balaban J connectivity index is 2.10. The van der Waals surface area contributed by atoms with E-state index >= 15 is 0 Å². The Morgan fingerprint density at radius 3 is 2.38 bits per heavy atom. The number of benzene rings is 2. The van der Waals surface area contributed by atoms with Crippen molar-refractivity contribution in [2.45, 2.75) is 13.8 Å². The molecule has 2 rings (SSSR count). The van der Waals surface area contributed by atoms with E-state index in [1.165, 1.54) is 7.11 Å². The van der Waals surface area contributed by atoms with Gasteiger partial charge in [0.15, 0.2) is 6.61 Å². The van der Waals surface area contributed by atoms with E-state index in [2.05, 4.69) is 34.8 Å². The minimum Gasteiger partial charge on any atom is -0.492 e. The maximum atomic E-state index is 11.2. The lowest BCUT2D eigenvalue weighted by Crippen LogP contribution is -2.19. The molecule has 0 aliphatic rings. The molecular weight excluding hydrogens is 330 g/mol. The first-order chi connectivity index (χ1) is 12.4. The Morgan fingerprint density at radius 1 is 1.00 bits per heavy atom. The summed E-state index contributed by atoms with van der Waals surface area (Å²) in [6.07, 6.45) is 0. The summed E-state index contributed by atoms with van der Waals surface area (Å²) in [5.41, 5.74) is 4.37. The molecule has 0 spiro atoms. The SMILES string of the molecule is COC(=O)COc1ccc(-c2ccc(OCCN(C)C)cc2C)cc1C. The first-order valence-corrected chi connectivity index (χ1v) is 8.59. The second-order valence-electron chi connectivity index (χ2n) is 6.47. The zero-order valence-electron chi connectivity index (χ0n) is 16.2. The maximum absolute atomic E-state index is 11.2. The van der Waals surface area contributed by atoms with E-state index in [0.29, 0.717) is 12.4 Å². The van der Waals surface area contributed by atoms with Crippen LogP contribution in [0.1, 0.15) is 11.1 Å². The molecule has 0 unspecified atom stereocenters. The fourth-order valence-electron chi connectivity index (χ4n) is 2.57. The molecule has 5 heteroatoms. The van der Waals surface area contributed by atoms with Gasteiger partial charge >= 0.3 is 5.97 Å². The lowest BCUT2D eigenvalue weighted by molar-refractivity contribution is -0.142. The van der Waals surface area contributed by atoms with Crippen LogP contribution in [0.3, 0.4) is 0 Å². The highest BCUT2D eigenvalue weighted by molar-refractivity contribution is 5.72. The summed E-state index contributed by atoms with van der Waals surface area (Å²) in [7, 11) is 5.40. The number of hydrogen-bond donors (Lipinski definition) is 0. The number of likely N-dealkylation sites (N-methyl/N-ethyl adjacent to an activating group) is 1. The summed E-state index contributed by atoms with van der Waals surface area (Å²) >= 11 is 0. The van der Waals surface area contributed by atoms with Crippen LogP contribution in [0.5, 0.6) is 11.5 Å². The van der Waals surface area contributed by atoms with E-state index in [4.69, 9.17) is 9.47 Å². The Hall–Kier alpha value is -2.53. The van der Waals surface area contributed by atoms with Crippen LogP contribution in [-0.2, 0) is 9.53 Å². The van der Waals surface area contributed by atoms with Crippen LogP contribution in [0.15, 0.2) is 36.4 Å². The van der Waals surface area contributed by atoms with Crippen molar-refractivity contribution >= 4 is 5.97 Å². The summed E-state index contributed by atoms with van der Waals surface area (Å²) in [4.78, 5) is 13.3. The highest BCUT2D eigenvalue weighted by Gasteiger charge is 2.09. The number of rotatable bonds is 8. The van der Waals surface area contributed by atoms with Crippen molar-refractivity contribution < 1.29 is 19.0 Å². The molecule has 0 heterocycles. The number of ether oxygens (including phenoxy) is 3. The molecule has 0 aliphatic carbocycles. The van der Waals surface area contributed by atoms with E-state index in [-0.39, 0.29) is 6.61 Å². The number of aryl methyl sites for hydroxylation is 2. The Kier molecular flexibility index (Phi) is 7.04. The normalized spacial score (nSPS) is 10.7. The third-order valence-corrected chi connectivity index (χ3v) is 4.06. The molecule has 140 valence electrons. The van der Waals surface area contributed by atoms with E-state index in [1.807, 2.05) is 39.2 Å². The fraction of sp³-hybridized carbons (Fsp3) is 0.381. The van der Waals surface area contributed by atoms with E-state index in [0.717, 1.165) is 34.5 Å². The van der Waals surface area contributed by atoms with Crippen molar-refractivity contribution in [3.8, 4) is 22.6 Å². The van der Waals surface area contributed by atoms with Gasteiger partial charge in [-0.25, -0.2) is 4.79 Å². The molecule has 0 N–H and O–H groups in total. The van der Waals surface area contributed by atoms with Gasteiger partial charge in [0.2, 0.25) is 0 Å². The summed E-state index contributed by atoms with van der Waals surface area (Å²) in [5, 5.41) is 0. The molecule has 2 aromatic rings. The van der Waals surface area contributed by atoms with Gasteiger partial charge in [-0.15, -0.1) is 0 Å². The number of nitrogens with zero attached hydrogens (tertiary/aromatic N) is 1. The fourth-order valence-corrected chi connectivity index (χ4v) is 2.57. The van der Waals surface area contributed by atoms with Gasteiger partial charge in [0.05, 0.1) is 7.11 Å². The summed E-state index contributed by atoms with van der Waals surface area (Å²) in [5.74, 6) is 1.16. The van der Waals surface area contributed by atoms with E-state index < -0.39 is 5.97 Å². The maximum Gasteiger partial charge on any atom is 0.343 e. The molecule has 0 saturated carbocycles. The molecule has 2 aromatic carbocycles. The van der Waals surface area contributed by atoms with Crippen LogP contribution < -0.4 is 9.47 Å². The summed E-state index contributed by atoms with van der Waals surface area (Å²) < 4.78 is 15.9. The standard InChI is InChI=1S/C21H27NO4/c1-15-13-18(25-11-10-22(3)4)7-8-19(15)17-6-9-20(16(2)12-17)26-14-21(23)24-5/h6-9,12-13H,10-11,14H2,1-5H3. The second-order valence-corrected chi connectivity index (χ2v) is 6.47. The Labute approximate surface area is 155 Å². The molecule has 0 bridgehead atoms. The quantitative estimate of drug-likeness (QED) is 0.677. The highest BCUT2D eigenvalue weighted by atomic mass is 16.6. The average molecular weight is 357 g/mol. The minimum absolute atomic E-state index is 0.0886. The molecule has 0 atom stereocenters. The van der Waals surface area contributed by atoms with Gasteiger partial charge in [-0.1, -0.05) is 12.1 Å². The van der Waals surface area contributed by atoms with Gasteiger partial charge < -0.3 is 19.1 Å². The van der Waals surface area contributed by atoms with Crippen LogP contribution in [0.25, 0.3) is 11.1 Å². The predicted molar refractivity (Wildman–Crippen MR) is 103 cm³/mol. The Bertz CT molecular complexity index is 756. The summed E-state index contributed by atoms with van der Waals surface area (Å²) in [6.45, 7) is 5.49. The van der Waals surface area contributed by atoms with Crippen molar-refractivity contribution in [2.75, 3.05) is 41.0 Å². The van der Waals surface area contributed by atoms with E-state index in [1.54, 1.807) is 0 Å². The third-order valence-electron chi connectivity index (χ3n) is 4.06. The van der Waals surface area contributed by atoms with Gasteiger partial charge in [-0.05, 0) is 74.5 Å². The molecule has 0 amide bonds. The largest absolute Gasteiger partial charge is 0.492 e. The first-order valence-electron chi connectivity index (χ1n) is 8.59. The van der Waals surface area contributed by atoms with Crippen molar-refractivity contribution in [1.29, 1.82) is 0 Å². The van der Waals surface area contributed by atoms with Crippen LogP contribution in [0, 0.1) is 13.8 Å². The van der Waals surface area contributed by atoms with Gasteiger partial charge in [0.25, 0.3) is 0 Å². The minimum atomic E-state index is -0.394. The van der Waals surface area contributed by atoms with Crippen molar-refractivity contribution in [2.24, 2.45) is 0 Å². The molecular formula is C21H27NO4. The van der Waals surface area contributed by atoms with Crippen LogP contribution in [0.2, 0.25) is 0 Å². The lowest BCUT2D eigenvalue weighted by Gasteiger charge is -2.14. The monoisotopic (exact) mass is 357 g/mol. The van der Waals surface area contributed by atoms with Gasteiger partial charge in [-0.3, -0.25) is 0 Å². The molecule has 5 nitrogen and oxygen atoms in total. The first kappa shape index (κ1) is 19.8. The average Bonchev–Trinajstić information content (AvgIpc) is 2.60. The summed E-state index contributed by atoms with van der Waals surface area (Å²) in [6, 6.07) is 12.1. The number of methoxy groups -OCH3 is 1. The zero-order valence-corrected chi connectivity index (χ0v) is 16.2. The van der Waals surface area contributed by atoms with Crippen molar-refractivity contribution in [3.63, 3.8) is 0 Å². The Morgan fingerprint density at radius 2 is 1.77 bits per heavy atom. The molecule has 0 saturated heterocycles. The molecule has 0 radical (unpaired) electrons. The topological polar surface area (TPSA) is 48.0 Å². The van der Waals surface area contributed by atoms with Crippen LogP contribution >= 0.6 is 0 Å². The lowest BCUT2D eigenvalue weighted by atomic mass is 9.98. The van der Waals surface area contributed by atoms with E-state index in [9.17, 15) is 4.79 Å². The second kappa shape index (κ2) is 9.25. The molecule has 0 aliphatic heterocycles. The molecule has 0 aromatic heterocycles. The van der Waals surface area contributed by atoms with Crippen LogP contribution in [-0.4, -0.2) is 51.8 Å². The van der Waals surface area contributed by atoms with Gasteiger partial charge in [0, 0.05) is 6.54 Å². The number of carbonyl (C=O) groups is 1. The number of hydrogen-bond acceptors (Lipinski definition) is 5. The van der Waals surface area contributed by atoms with Crippen molar-refractivity contribution in [3.05, 3.63) is 47.5 Å². The zero-order chi connectivity index (χ0) is 19.1. The molecule has 0 fully saturated rings. The van der Waals surface area contributed by atoms with Gasteiger partial charge in [-0.2, -0.15) is 0 Å². The predicted octanol–water partition coefficient (Wildman–Crippen LogP) is 3.46. The number of esters is 1. The number of carbonyl (C=O) groups excluding carboxylic acids is 1. The molecule has 26 heavy (non-hydrogen) atoms. The highest BCUT2D eigenvalue weighted by Crippen LogP contribution is 2.30. The third kappa shape index (κ3) is 5.49. The van der Waals surface area contributed by atoms with Crippen molar-refractivity contribution in [1.82, 2.24) is 4.90 Å². The van der Waals surface area contributed by atoms with Gasteiger partial charge in [0.1, 0.15) is 18.1 Å². The van der Waals surface area contributed by atoms with Crippen LogP contribution in [0.4, 0.5) is 0 Å².